The third-order valence-electron chi connectivity index (χ3n) is 3.13. The van der Waals surface area contributed by atoms with E-state index in [1.54, 1.807) is 6.07 Å². The van der Waals surface area contributed by atoms with E-state index in [-0.39, 0.29) is 6.04 Å². The molecular formula is C16H27NO2. The summed E-state index contributed by atoms with van der Waals surface area (Å²) >= 11 is 0. The summed E-state index contributed by atoms with van der Waals surface area (Å²) < 4.78 is 5.51. The number of para-hydroxylation sites is 1. The van der Waals surface area contributed by atoms with Crippen LogP contribution in [-0.4, -0.2) is 24.4 Å². The summed E-state index contributed by atoms with van der Waals surface area (Å²) in [6.07, 6.45) is 3.46. The Balaban J connectivity index is 2.28. The number of benzene rings is 1. The highest BCUT2D eigenvalue weighted by molar-refractivity contribution is 5.34. The number of ether oxygens (including phenoxy) is 1. The summed E-state index contributed by atoms with van der Waals surface area (Å²) in [6.45, 7) is 8.03. The molecule has 1 atom stereocenters. The minimum Gasteiger partial charge on any atom is -0.508 e. The van der Waals surface area contributed by atoms with E-state index in [0.29, 0.717) is 11.9 Å². The molecule has 0 aromatic heterocycles. The molecule has 0 heterocycles. The number of rotatable bonds is 9. The minimum absolute atomic E-state index is 0.229. The third kappa shape index (κ3) is 6.08. The molecule has 0 bridgehead atoms. The van der Waals surface area contributed by atoms with E-state index in [1.165, 1.54) is 0 Å². The molecule has 0 fully saturated rings. The maximum absolute atomic E-state index is 9.85. The molecule has 19 heavy (non-hydrogen) atoms. The van der Waals surface area contributed by atoms with Gasteiger partial charge in [0.2, 0.25) is 0 Å². The normalized spacial score (nSPS) is 12.8. The van der Waals surface area contributed by atoms with Crippen molar-refractivity contribution >= 4 is 0 Å². The molecule has 0 spiro atoms. The third-order valence-corrected chi connectivity index (χ3v) is 3.13. The second-order valence-electron chi connectivity index (χ2n) is 5.10. The Labute approximate surface area is 117 Å². The smallest absolute Gasteiger partial charge is 0.120 e. The largest absolute Gasteiger partial charge is 0.508 e. The van der Waals surface area contributed by atoms with Gasteiger partial charge in [0.05, 0.1) is 6.10 Å². The maximum Gasteiger partial charge on any atom is 0.120 e. The van der Waals surface area contributed by atoms with Crippen LogP contribution in [0, 0.1) is 0 Å². The molecule has 1 rings (SSSR count). The average molecular weight is 265 g/mol. The van der Waals surface area contributed by atoms with Crippen molar-refractivity contribution in [2.45, 2.75) is 52.2 Å². The van der Waals surface area contributed by atoms with Gasteiger partial charge in [-0.05, 0) is 45.7 Å². The summed E-state index contributed by atoms with van der Waals surface area (Å²) in [6, 6.07) is 7.78. The van der Waals surface area contributed by atoms with Crippen molar-refractivity contribution in [3.05, 3.63) is 29.8 Å². The van der Waals surface area contributed by atoms with Gasteiger partial charge in [0.25, 0.3) is 0 Å². The van der Waals surface area contributed by atoms with E-state index in [2.05, 4.69) is 26.1 Å². The predicted octanol–water partition coefficient (Wildman–Crippen LogP) is 3.64. The summed E-state index contributed by atoms with van der Waals surface area (Å²) in [5.41, 5.74) is 0.989. The van der Waals surface area contributed by atoms with Gasteiger partial charge < -0.3 is 15.2 Å². The molecule has 2 N–H and O–H groups in total. The van der Waals surface area contributed by atoms with E-state index < -0.39 is 0 Å². The highest BCUT2D eigenvalue weighted by Crippen LogP contribution is 2.25. The molecule has 3 heteroatoms. The van der Waals surface area contributed by atoms with Gasteiger partial charge in [-0.15, -0.1) is 0 Å². The van der Waals surface area contributed by atoms with Crippen LogP contribution in [0.25, 0.3) is 0 Å². The van der Waals surface area contributed by atoms with Gasteiger partial charge in [0.1, 0.15) is 5.75 Å². The zero-order chi connectivity index (χ0) is 14.1. The number of nitrogens with one attached hydrogen (secondary N) is 1. The standard InChI is InChI=1S/C16H27NO2/c1-4-15(14-9-5-6-10-16(14)18)17-11-7-8-12-19-13(2)3/h5-6,9-10,13,15,17-18H,4,7-8,11-12H2,1-3H3. The number of unbranched alkanes of at least 4 members (excludes halogenated alkanes) is 1. The fourth-order valence-corrected chi connectivity index (χ4v) is 2.08. The Kier molecular flexibility index (Phi) is 7.53. The van der Waals surface area contributed by atoms with Crippen LogP contribution in [0.4, 0.5) is 0 Å². The number of aromatic hydroxyl groups is 1. The molecule has 0 saturated carbocycles. The number of phenolic OH excluding ortho intramolecular Hbond substituents is 1. The molecule has 0 amide bonds. The van der Waals surface area contributed by atoms with Gasteiger partial charge in [-0.2, -0.15) is 0 Å². The van der Waals surface area contributed by atoms with Crippen molar-refractivity contribution in [2.24, 2.45) is 0 Å². The SMILES string of the molecule is CCC(NCCCCOC(C)C)c1ccccc1O. The lowest BCUT2D eigenvalue weighted by molar-refractivity contribution is 0.0759. The summed E-state index contributed by atoms with van der Waals surface area (Å²) in [4.78, 5) is 0. The topological polar surface area (TPSA) is 41.5 Å². The van der Waals surface area contributed by atoms with Gasteiger partial charge >= 0.3 is 0 Å². The monoisotopic (exact) mass is 265 g/mol. The highest BCUT2D eigenvalue weighted by Gasteiger charge is 2.11. The molecule has 0 radical (unpaired) electrons. The van der Waals surface area contributed by atoms with Gasteiger partial charge in [0.15, 0.2) is 0 Å². The highest BCUT2D eigenvalue weighted by atomic mass is 16.5. The first-order chi connectivity index (χ1) is 9.15. The van der Waals surface area contributed by atoms with E-state index in [4.69, 9.17) is 4.74 Å². The average Bonchev–Trinajstić information content (AvgIpc) is 2.39. The molecule has 1 unspecified atom stereocenters. The van der Waals surface area contributed by atoms with Crippen molar-refractivity contribution in [2.75, 3.05) is 13.2 Å². The van der Waals surface area contributed by atoms with E-state index in [0.717, 1.165) is 38.0 Å². The summed E-state index contributed by atoms with van der Waals surface area (Å²) in [5.74, 6) is 0.380. The van der Waals surface area contributed by atoms with Crippen LogP contribution in [0.3, 0.4) is 0 Å². The van der Waals surface area contributed by atoms with Crippen LogP contribution in [-0.2, 0) is 4.74 Å². The summed E-state index contributed by atoms with van der Waals surface area (Å²) in [7, 11) is 0. The number of hydrogen-bond acceptors (Lipinski definition) is 3. The van der Waals surface area contributed by atoms with Crippen molar-refractivity contribution in [3.63, 3.8) is 0 Å². The lowest BCUT2D eigenvalue weighted by Gasteiger charge is -2.18. The lowest BCUT2D eigenvalue weighted by atomic mass is 10.0. The van der Waals surface area contributed by atoms with Crippen LogP contribution < -0.4 is 5.32 Å². The van der Waals surface area contributed by atoms with Crippen molar-refractivity contribution in [3.8, 4) is 5.75 Å². The van der Waals surface area contributed by atoms with Crippen LogP contribution in [0.2, 0.25) is 0 Å². The minimum atomic E-state index is 0.229. The summed E-state index contributed by atoms with van der Waals surface area (Å²) in [5, 5.41) is 13.4. The maximum atomic E-state index is 9.85. The predicted molar refractivity (Wildman–Crippen MR) is 79.5 cm³/mol. The van der Waals surface area contributed by atoms with E-state index in [1.807, 2.05) is 18.2 Å². The van der Waals surface area contributed by atoms with E-state index in [9.17, 15) is 5.11 Å². The first-order valence-corrected chi connectivity index (χ1v) is 7.28. The molecule has 3 nitrogen and oxygen atoms in total. The zero-order valence-electron chi connectivity index (χ0n) is 12.4. The molecule has 1 aromatic carbocycles. The number of phenols is 1. The molecule has 0 aliphatic rings. The Morgan fingerprint density at radius 1 is 1.21 bits per heavy atom. The molecule has 1 aromatic rings. The Hall–Kier alpha value is -1.06. The fourth-order valence-electron chi connectivity index (χ4n) is 2.08. The quantitative estimate of drug-likeness (QED) is 0.670. The molecule has 0 aliphatic carbocycles. The van der Waals surface area contributed by atoms with Crippen LogP contribution >= 0.6 is 0 Å². The Bertz CT molecular complexity index is 352. The lowest BCUT2D eigenvalue weighted by Crippen LogP contribution is -2.22. The Morgan fingerprint density at radius 3 is 2.58 bits per heavy atom. The molecule has 0 saturated heterocycles. The van der Waals surface area contributed by atoms with Gasteiger partial charge in [0, 0.05) is 18.2 Å². The molecule has 108 valence electrons. The number of hydrogen-bond donors (Lipinski definition) is 2. The van der Waals surface area contributed by atoms with Crippen LogP contribution in [0.15, 0.2) is 24.3 Å². The van der Waals surface area contributed by atoms with Crippen molar-refractivity contribution < 1.29 is 9.84 Å². The van der Waals surface area contributed by atoms with Gasteiger partial charge in [-0.1, -0.05) is 25.1 Å². The fraction of sp³-hybridized carbons (Fsp3) is 0.625. The van der Waals surface area contributed by atoms with Gasteiger partial charge in [-0.3, -0.25) is 0 Å². The first-order valence-electron chi connectivity index (χ1n) is 7.28. The van der Waals surface area contributed by atoms with Crippen molar-refractivity contribution in [1.29, 1.82) is 0 Å². The molecular weight excluding hydrogens is 238 g/mol. The van der Waals surface area contributed by atoms with E-state index >= 15 is 0 Å². The van der Waals surface area contributed by atoms with Crippen molar-refractivity contribution in [1.82, 2.24) is 5.32 Å². The zero-order valence-corrected chi connectivity index (χ0v) is 12.4. The molecule has 0 aliphatic heterocycles. The van der Waals surface area contributed by atoms with Crippen LogP contribution in [0.1, 0.15) is 51.6 Å². The van der Waals surface area contributed by atoms with Gasteiger partial charge in [-0.25, -0.2) is 0 Å². The Morgan fingerprint density at radius 2 is 1.95 bits per heavy atom. The first kappa shape index (κ1) is 16.0. The second-order valence-corrected chi connectivity index (χ2v) is 5.10. The second kappa shape index (κ2) is 8.94. The van der Waals surface area contributed by atoms with Crippen LogP contribution in [0.5, 0.6) is 5.75 Å².